The van der Waals surface area contributed by atoms with Crippen LogP contribution in [0, 0.1) is 5.82 Å². The summed E-state index contributed by atoms with van der Waals surface area (Å²) in [4.78, 5) is 11.1. The fourth-order valence-corrected chi connectivity index (χ4v) is 3.22. The highest BCUT2D eigenvalue weighted by atomic mass is 19.1. The van der Waals surface area contributed by atoms with Gasteiger partial charge in [0.25, 0.3) is 0 Å². The minimum atomic E-state index is -0.227. The van der Waals surface area contributed by atoms with Crippen LogP contribution in [0.25, 0.3) is 0 Å². The van der Waals surface area contributed by atoms with Gasteiger partial charge in [0.05, 0.1) is 0 Å². The topological polar surface area (TPSA) is 47.5 Å². The molecule has 0 unspecified atom stereocenters. The molecule has 3 aromatic rings. The minimum absolute atomic E-state index is 0.227. The number of benzene rings is 2. The van der Waals surface area contributed by atoms with E-state index >= 15 is 0 Å². The van der Waals surface area contributed by atoms with E-state index in [1.54, 1.807) is 0 Å². The van der Waals surface area contributed by atoms with Gasteiger partial charge in [0, 0.05) is 44.0 Å². The molecule has 0 aliphatic carbocycles. The first-order valence-electron chi connectivity index (χ1n) is 9.34. The van der Waals surface area contributed by atoms with Crippen molar-refractivity contribution in [2.75, 3.05) is 6.79 Å². The molecule has 0 amide bonds. The third kappa shape index (κ3) is 4.46. The molecular weight excluding hydrogens is 357 g/mol. The second-order valence-electron chi connectivity index (χ2n) is 6.82. The van der Waals surface area contributed by atoms with Crippen LogP contribution in [0.1, 0.15) is 29.4 Å². The average Bonchev–Trinajstić information content (AvgIpc) is 3.18. The zero-order valence-electron chi connectivity index (χ0n) is 15.8. The van der Waals surface area contributed by atoms with Gasteiger partial charge in [-0.05, 0) is 35.4 Å². The smallest absolute Gasteiger partial charge is 0.231 e. The van der Waals surface area contributed by atoms with Crippen LogP contribution in [0.4, 0.5) is 4.39 Å². The van der Waals surface area contributed by atoms with E-state index < -0.39 is 0 Å². The average molecular weight is 379 g/mol. The minimum Gasteiger partial charge on any atom is -0.454 e. The molecule has 0 atom stereocenters. The summed E-state index contributed by atoms with van der Waals surface area (Å²) < 4.78 is 24.1. The molecule has 2 heterocycles. The zero-order valence-corrected chi connectivity index (χ0v) is 15.8. The van der Waals surface area contributed by atoms with Gasteiger partial charge in [-0.25, -0.2) is 14.4 Å². The summed E-state index contributed by atoms with van der Waals surface area (Å²) in [7, 11) is 0. The largest absolute Gasteiger partial charge is 0.454 e. The van der Waals surface area contributed by atoms with Crippen molar-refractivity contribution in [1.29, 1.82) is 0 Å². The Bertz CT molecular complexity index is 930. The van der Waals surface area contributed by atoms with E-state index in [2.05, 4.69) is 14.9 Å². The molecule has 1 aliphatic rings. The van der Waals surface area contributed by atoms with Crippen molar-refractivity contribution < 1.29 is 13.9 Å². The molecule has 0 spiro atoms. The summed E-state index contributed by atoms with van der Waals surface area (Å²) >= 11 is 0. The van der Waals surface area contributed by atoms with Crippen LogP contribution in [-0.2, 0) is 26.1 Å². The first-order valence-corrected chi connectivity index (χ1v) is 9.34. The molecule has 144 valence electrons. The van der Waals surface area contributed by atoms with Crippen LogP contribution < -0.4 is 9.47 Å². The quantitative estimate of drug-likeness (QED) is 0.618. The predicted molar refractivity (Wildman–Crippen MR) is 103 cm³/mol. The Kier molecular flexibility index (Phi) is 5.48. The summed E-state index contributed by atoms with van der Waals surface area (Å²) in [6, 6.07) is 12.6. The highest BCUT2D eigenvalue weighted by Crippen LogP contribution is 2.33. The molecule has 0 radical (unpaired) electrons. The molecular formula is C22H22FN3O2. The van der Waals surface area contributed by atoms with Crippen LogP contribution in [-0.4, -0.2) is 21.7 Å². The lowest BCUT2D eigenvalue weighted by atomic mass is 10.1. The van der Waals surface area contributed by atoms with Crippen LogP contribution in [0.2, 0.25) is 0 Å². The highest BCUT2D eigenvalue weighted by Gasteiger charge is 2.15. The number of halogens is 1. The molecule has 6 heteroatoms. The molecule has 0 bridgehead atoms. The number of aryl methyl sites for hydroxylation is 1. The molecule has 0 saturated heterocycles. The van der Waals surface area contributed by atoms with Gasteiger partial charge in [-0.15, -0.1) is 0 Å². The molecule has 4 rings (SSSR count). The predicted octanol–water partition coefficient (Wildman–Crippen LogP) is 4.11. The van der Waals surface area contributed by atoms with Crippen LogP contribution in [0.5, 0.6) is 11.5 Å². The maximum absolute atomic E-state index is 13.3. The number of fused-ring (bicyclic) bond motifs is 1. The maximum Gasteiger partial charge on any atom is 0.231 e. The summed E-state index contributed by atoms with van der Waals surface area (Å²) in [6.45, 7) is 4.39. The normalized spacial score (nSPS) is 12.5. The van der Waals surface area contributed by atoms with E-state index in [0.717, 1.165) is 40.4 Å². The van der Waals surface area contributed by atoms with E-state index in [0.29, 0.717) is 19.6 Å². The van der Waals surface area contributed by atoms with Crippen LogP contribution >= 0.6 is 0 Å². The van der Waals surface area contributed by atoms with Crippen LogP contribution in [0.3, 0.4) is 0 Å². The second kappa shape index (κ2) is 8.35. The van der Waals surface area contributed by atoms with Crippen molar-refractivity contribution >= 4 is 0 Å². The van der Waals surface area contributed by atoms with Crippen molar-refractivity contribution in [1.82, 2.24) is 14.9 Å². The lowest BCUT2D eigenvalue weighted by molar-refractivity contribution is 0.174. The van der Waals surface area contributed by atoms with Crippen molar-refractivity contribution in [3.63, 3.8) is 0 Å². The third-order valence-corrected chi connectivity index (χ3v) is 4.64. The van der Waals surface area contributed by atoms with E-state index in [9.17, 15) is 4.39 Å². The van der Waals surface area contributed by atoms with E-state index in [4.69, 9.17) is 9.47 Å². The molecule has 1 aliphatic heterocycles. The van der Waals surface area contributed by atoms with Gasteiger partial charge in [-0.1, -0.05) is 25.1 Å². The van der Waals surface area contributed by atoms with Gasteiger partial charge >= 0.3 is 0 Å². The summed E-state index contributed by atoms with van der Waals surface area (Å²) in [5, 5.41) is 0. The monoisotopic (exact) mass is 379 g/mol. The van der Waals surface area contributed by atoms with Crippen molar-refractivity contribution in [3.05, 3.63) is 83.2 Å². The van der Waals surface area contributed by atoms with Gasteiger partial charge < -0.3 is 9.47 Å². The Morgan fingerprint density at radius 2 is 1.50 bits per heavy atom. The number of nitrogens with zero attached hydrogens (tertiary/aromatic N) is 3. The van der Waals surface area contributed by atoms with Gasteiger partial charge in [0.15, 0.2) is 11.5 Å². The van der Waals surface area contributed by atoms with Crippen molar-refractivity contribution in [2.24, 2.45) is 0 Å². The Labute approximate surface area is 163 Å². The number of rotatable bonds is 7. The van der Waals surface area contributed by atoms with Gasteiger partial charge in [0.1, 0.15) is 11.6 Å². The molecule has 1 aromatic heterocycles. The third-order valence-electron chi connectivity index (χ3n) is 4.64. The lowest BCUT2D eigenvalue weighted by Gasteiger charge is -2.23. The second-order valence-corrected chi connectivity index (χ2v) is 6.82. The first kappa shape index (κ1) is 18.4. The summed E-state index contributed by atoms with van der Waals surface area (Å²) in [5.74, 6) is 2.16. The first-order chi connectivity index (χ1) is 13.7. The standard InChI is InChI=1S/C22H22FN3O2/c1-2-22-24-10-18(11-25-22)14-26(12-16-3-6-19(23)7-4-16)13-17-5-8-20-21(9-17)28-15-27-20/h3-11H,2,12-15H2,1H3. The Morgan fingerprint density at radius 1 is 0.857 bits per heavy atom. The maximum atomic E-state index is 13.3. The summed E-state index contributed by atoms with van der Waals surface area (Å²) in [6.07, 6.45) is 4.57. The molecule has 0 fully saturated rings. The van der Waals surface area contributed by atoms with Crippen LogP contribution in [0.15, 0.2) is 54.9 Å². The van der Waals surface area contributed by atoms with E-state index in [-0.39, 0.29) is 12.6 Å². The van der Waals surface area contributed by atoms with Gasteiger partial charge in [-0.3, -0.25) is 4.90 Å². The molecule has 0 saturated carbocycles. The molecule has 5 nitrogen and oxygen atoms in total. The fourth-order valence-electron chi connectivity index (χ4n) is 3.22. The zero-order chi connectivity index (χ0) is 19.3. The van der Waals surface area contributed by atoms with Crippen molar-refractivity contribution in [3.8, 4) is 11.5 Å². The van der Waals surface area contributed by atoms with Gasteiger partial charge in [-0.2, -0.15) is 0 Å². The Balaban J connectivity index is 1.53. The molecule has 28 heavy (non-hydrogen) atoms. The molecule has 0 N–H and O–H groups in total. The SMILES string of the molecule is CCc1ncc(CN(Cc2ccc(F)cc2)Cc2ccc3c(c2)OCO3)cn1. The molecule has 2 aromatic carbocycles. The van der Waals surface area contributed by atoms with E-state index in [1.165, 1.54) is 12.1 Å². The summed E-state index contributed by atoms with van der Waals surface area (Å²) in [5.41, 5.74) is 3.21. The number of hydrogen-bond donors (Lipinski definition) is 0. The number of ether oxygens (including phenoxy) is 2. The van der Waals surface area contributed by atoms with Gasteiger partial charge in [0.2, 0.25) is 6.79 Å². The highest BCUT2D eigenvalue weighted by molar-refractivity contribution is 5.44. The number of hydrogen-bond acceptors (Lipinski definition) is 5. The fraction of sp³-hybridized carbons (Fsp3) is 0.273. The van der Waals surface area contributed by atoms with E-state index in [1.807, 2.05) is 49.6 Å². The Morgan fingerprint density at radius 3 is 2.25 bits per heavy atom. The Hall–Kier alpha value is -2.99. The lowest BCUT2D eigenvalue weighted by Crippen LogP contribution is -2.22. The van der Waals surface area contributed by atoms with Crippen molar-refractivity contribution in [2.45, 2.75) is 33.0 Å². The number of aromatic nitrogens is 2.